The molecule has 0 amide bonds. The lowest BCUT2D eigenvalue weighted by Gasteiger charge is -2.40. The predicted octanol–water partition coefficient (Wildman–Crippen LogP) is 1.71. The first-order valence-corrected chi connectivity index (χ1v) is 8.45. The molecule has 1 N–H and O–H groups in total. The molecule has 1 saturated heterocycles. The Labute approximate surface area is 150 Å². The van der Waals surface area contributed by atoms with Crippen LogP contribution in [0.25, 0.3) is 0 Å². The lowest BCUT2D eigenvalue weighted by Crippen LogP contribution is -2.52. The molecule has 4 heterocycles. The zero-order valence-electron chi connectivity index (χ0n) is 14.4. The molecule has 0 aromatic carbocycles. The maximum Gasteiger partial charge on any atom is 0.354 e. The summed E-state index contributed by atoms with van der Waals surface area (Å²) in [6.07, 6.45) is 2.44. The maximum atomic E-state index is 14.0. The number of hydrogen-bond donors (Lipinski definition) is 1. The van der Waals surface area contributed by atoms with E-state index in [9.17, 15) is 9.18 Å². The quantitative estimate of drug-likeness (QED) is 0.834. The molecule has 2 aliphatic rings. The summed E-state index contributed by atoms with van der Waals surface area (Å²) in [7, 11) is 1.68. The number of nitrogens with zero attached hydrogens (tertiary/aromatic N) is 4. The maximum absolute atomic E-state index is 14.0. The van der Waals surface area contributed by atoms with Crippen LogP contribution in [0, 0.1) is 5.95 Å². The van der Waals surface area contributed by atoms with Gasteiger partial charge in [0, 0.05) is 57.3 Å². The standard InChI is InChI=1S/C18H19FN4O3/c1-26-14-9-23(10-14)13-5-16(19)21-17(6-13)22-3-2-11-4-15(18(24)25)20-7-12(11)8-22/h4-7,14H,2-3,8-10H2,1H3,(H,24,25). The summed E-state index contributed by atoms with van der Waals surface area (Å²) >= 11 is 0. The van der Waals surface area contributed by atoms with Crippen molar-refractivity contribution in [1.82, 2.24) is 9.97 Å². The summed E-state index contributed by atoms with van der Waals surface area (Å²) < 4.78 is 19.3. The Balaban J connectivity index is 1.55. The Morgan fingerprint density at radius 1 is 1.27 bits per heavy atom. The zero-order chi connectivity index (χ0) is 18.3. The number of carboxylic acids is 1. The highest BCUT2D eigenvalue weighted by Crippen LogP contribution is 2.29. The van der Waals surface area contributed by atoms with Gasteiger partial charge in [0.1, 0.15) is 11.5 Å². The lowest BCUT2D eigenvalue weighted by atomic mass is 10.0. The topological polar surface area (TPSA) is 78.8 Å². The average Bonchev–Trinajstić information content (AvgIpc) is 2.59. The van der Waals surface area contributed by atoms with E-state index in [0.717, 1.165) is 29.9 Å². The molecule has 0 radical (unpaired) electrons. The SMILES string of the molecule is COC1CN(c2cc(F)nc(N3CCc4cc(C(=O)O)ncc4C3)c2)C1. The second-order valence-electron chi connectivity index (χ2n) is 6.58. The van der Waals surface area contributed by atoms with Gasteiger partial charge >= 0.3 is 5.97 Å². The van der Waals surface area contributed by atoms with Crippen molar-refractivity contribution in [2.75, 3.05) is 36.5 Å². The summed E-state index contributed by atoms with van der Waals surface area (Å²) in [6.45, 7) is 2.65. The van der Waals surface area contributed by atoms with E-state index >= 15 is 0 Å². The van der Waals surface area contributed by atoms with E-state index in [1.165, 1.54) is 6.07 Å². The van der Waals surface area contributed by atoms with E-state index < -0.39 is 11.9 Å². The van der Waals surface area contributed by atoms with Crippen molar-refractivity contribution in [1.29, 1.82) is 0 Å². The number of methoxy groups -OCH3 is 1. The fraction of sp³-hybridized carbons (Fsp3) is 0.389. The molecule has 0 saturated carbocycles. The van der Waals surface area contributed by atoms with E-state index in [1.54, 1.807) is 19.4 Å². The number of ether oxygens (including phenoxy) is 1. The van der Waals surface area contributed by atoms with Gasteiger partial charge < -0.3 is 19.6 Å². The molecule has 4 rings (SSSR count). The molecular formula is C18H19FN4O3. The number of fused-ring (bicyclic) bond motifs is 1. The lowest BCUT2D eigenvalue weighted by molar-refractivity contribution is 0.0690. The smallest absolute Gasteiger partial charge is 0.354 e. The van der Waals surface area contributed by atoms with Crippen molar-refractivity contribution in [2.24, 2.45) is 0 Å². The molecule has 0 aliphatic carbocycles. The van der Waals surface area contributed by atoms with Gasteiger partial charge in [-0.25, -0.2) is 14.8 Å². The van der Waals surface area contributed by atoms with Crippen LogP contribution in [0.4, 0.5) is 15.9 Å². The minimum atomic E-state index is -1.03. The summed E-state index contributed by atoms with van der Waals surface area (Å²) in [5.41, 5.74) is 2.76. The fourth-order valence-electron chi connectivity index (χ4n) is 3.37. The molecule has 2 aromatic rings. The molecule has 26 heavy (non-hydrogen) atoms. The first-order chi connectivity index (χ1) is 12.5. The first kappa shape index (κ1) is 16.7. The van der Waals surface area contributed by atoms with Crippen LogP contribution >= 0.6 is 0 Å². The third-order valence-corrected chi connectivity index (χ3v) is 4.95. The Kier molecular flexibility index (Phi) is 4.20. The van der Waals surface area contributed by atoms with Crippen LogP contribution in [0.15, 0.2) is 24.4 Å². The molecule has 2 aliphatic heterocycles. The normalized spacial score (nSPS) is 17.0. The van der Waals surface area contributed by atoms with Crippen LogP contribution in [0.5, 0.6) is 0 Å². The highest BCUT2D eigenvalue weighted by atomic mass is 19.1. The fourth-order valence-corrected chi connectivity index (χ4v) is 3.37. The third-order valence-electron chi connectivity index (χ3n) is 4.95. The highest BCUT2D eigenvalue weighted by molar-refractivity contribution is 5.85. The van der Waals surface area contributed by atoms with E-state index in [1.807, 2.05) is 11.0 Å². The molecule has 0 unspecified atom stereocenters. The van der Waals surface area contributed by atoms with Gasteiger partial charge in [0.25, 0.3) is 0 Å². The Morgan fingerprint density at radius 3 is 2.81 bits per heavy atom. The molecule has 136 valence electrons. The number of hydrogen-bond acceptors (Lipinski definition) is 6. The summed E-state index contributed by atoms with van der Waals surface area (Å²) in [5.74, 6) is -0.965. The Morgan fingerprint density at radius 2 is 2.08 bits per heavy atom. The van der Waals surface area contributed by atoms with Gasteiger partial charge in [0.15, 0.2) is 0 Å². The number of carboxylic acid groups (broad SMARTS) is 1. The number of aromatic nitrogens is 2. The minimum absolute atomic E-state index is 0.0499. The Bertz CT molecular complexity index is 854. The van der Waals surface area contributed by atoms with E-state index in [-0.39, 0.29) is 11.8 Å². The zero-order valence-corrected chi connectivity index (χ0v) is 14.4. The van der Waals surface area contributed by atoms with Crippen LogP contribution in [0.1, 0.15) is 21.6 Å². The average molecular weight is 358 g/mol. The number of carbonyl (C=O) groups is 1. The first-order valence-electron chi connectivity index (χ1n) is 8.45. The number of rotatable bonds is 4. The summed E-state index contributed by atoms with van der Waals surface area (Å²) in [4.78, 5) is 23.1. The molecule has 0 bridgehead atoms. The van der Waals surface area contributed by atoms with Crippen molar-refractivity contribution in [2.45, 2.75) is 19.1 Å². The van der Waals surface area contributed by atoms with E-state index in [4.69, 9.17) is 9.84 Å². The highest BCUT2D eigenvalue weighted by Gasteiger charge is 2.28. The third kappa shape index (κ3) is 3.08. The van der Waals surface area contributed by atoms with Crippen LogP contribution in [-0.4, -0.2) is 53.9 Å². The Hall–Kier alpha value is -2.74. The van der Waals surface area contributed by atoms with Gasteiger partial charge in [-0.15, -0.1) is 0 Å². The van der Waals surface area contributed by atoms with Crippen LogP contribution in [0.2, 0.25) is 0 Å². The van der Waals surface area contributed by atoms with Crippen molar-refractivity contribution >= 4 is 17.5 Å². The number of pyridine rings is 2. The van der Waals surface area contributed by atoms with Crippen molar-refractivity contribution in [3.63, 3.8) is 0 Å². The van der Waals surface area contributed by atoms with Gasteiger partial charge in [-0.2, -0.15) is 4.39 Å². The van der Waals surface area contributed by atoms with Gasteiger partial charge in [0.2, 0.25) is 5.95 Å². The van der Waals surface area contributed by atoms with Crippen molar-refractivity contribution in [3.8, 4) is 0 Å². The molecular weight excluding hydrogens is 339 g/mol. The molecule has 0 spiro atoms. The van der Waals surface area contributed by atoms with Gasteiger partial charge in [0.05, 0.1) is 6.10 Å². The summed E-state index contributed by atoms with van der Waals surface area (Å²) in [5, 5.41) is 9.06. The molecule has 0 atom stereocenters. The second kappa shape index (κ2) is 6.53. The summed E-state index contributed by atoms with van der Waals surface area (Å²) in [6, 6.07) is 4.94. The number of anilines is 2. The molecule has 2 aromatic heterocycles. The van der Waals surface area contributed by atoms with Gasteiger partial charge in [-0.1, -0.05) is 0 Å². The molecule has 7 nitrogen and oxygen atoms in total. The largest absolute Gasteiger partial charge is 0.477 e. The predicted molar refractivity (Wildman–Crippen MR) is 93.2 cm³/mol. The van der Waals surface area contributed by atoms with E-state index in [0.29, 0.717) is 25.3 Å². The van der Waals surface area contributed by atoms with Crippen LogP contribution in [-0.2, 0) is 17.7 Å². The second-order valence-corrected chi connectivity index (χ2v) is 6.58. The number of halogens is 1. The van der Waals surface area contributed by atoms with Gasteiger partial charge in [-0.3, -0.25) is 0 Å². The van der Waals surface area contributed by atoms with Crippen LogP contribution in [0.3, 0.4) is 0 Å². The monoisotopic (exact) mass is 358 g/mol. The number of aromatic carboxylic acids is 1. The van der Waals surface area contributed by atoms with E-state index in [2.05, 4.69) is 14.9 Å². The molecule has 8 heteroatoms. The minimum Gasteiger partial charge on any atom is -0.477 e. The molecule has 1 fully saturated rings. The van der Waals surface area contributed by atoms with Gasteiger partial charge in [-0.05, 0) is 23.6 Å². The van der Waals surface area contributed by atoms with Crippen molar-refractivity contribution < 1.29 is 19.0 Å². The van der Waals surface area contributed by atoms with Crippen LogP contribution < -0.4 is 9.80 Å². The van der Waals surface area contributed by atoms with Crippen molar-refractivity contribution in [3.05, 3.63) is 47.2 Å².